The van der Waals surface area contributed by atoms with Crippen LogP contribution in [0.2, 0.25) is 0 Å². The van der Waals surface area contributed by atoms with Gasteiger partial charge in [0.15, 0.2) is 0 Å². The SMILES string of the molecule is CC(C)(C)C(=O)O.CNC[C@H](O)c1cccc(O)c1. The highest BCUT2D eigenvalue weighted by Crippen LogP contribution is 2.17. The molecule has 108 valence electrons. The Kier molecular flexibility index (Phi) is 7.11. The quantitative estimate of drug-likeness (QED) is 0.671. The normalized spacial score (nSPS) is 12.3. The number of hydrogen-bond donors (Lipinski definition) is 4. The van der Waals surface area contributed by atoms with Gasteiger partial charge in [-0.05, 0) is 45.5 Å². The van der Waals surface area contributed by atoms with Gasteiger partial charge in [-0.25, -0.2) is 0 Å². The zero-order valence-electron chi connectivity index (χ0n) is 11.8. The number of aliphatic carboxylic acids is 1. The van der Waals surface area contributed by atoms with Crippen molar-refractivity contribution in [2.24, 2.45) is 5.41 Å². The lowest BCUT2D eigenvalue weighted by Gasteiger charge is -2.09. The molecule has 0 aliphatic heterocycles. The molecule has 19 heavy (non-hydrogen) atoms. The number of rotatable bonds is 3. The standard InChI is InChI=1S/C9H13NO2.C5H10O2/c1-10-6-9(12)7-3-2-4-8(11)5-7;1-5(2,3)4(6)7/h2-5,9-12H,6H2,1H3;1-3H3,(H,6,7)/t9-;/m0./s1. The summed E-state index contributed by atoms with van der Waals surface area (Å²) in [6, 6.07) is 6.63. The Bertz CT molecular complexity index is 399. The van der Waals surface area contributed by atoms with E-state index in [-0.39, 0.29) is 5.75 Å². The third-order valence-corrected chi connectivity index (χ3v) is 2.29. The Morgan fingerprint density at radius 1 is 1.37 bits per heavy atom. The van der Waals surface area contributed by atoms with E-state index >= 15 is 0 Å². The predicted octanol–water partition coefficient (Wildman–Crippen LogP) is 1.76. The molecule has 0 heterocycles. The van der Waals surface area contributed by atoms with Crippen molar-refractivity contribution >= 4 is 5.97 Å². The molecule has 0 saturated carbocycles. The fraction of sp³-hybridized carbons (Fsp3) is 0.500. The van der Waals surface area contributed by atoms with E-state index in [1.807, 2.05) is 0 Å². The summed E-state index contributed by atoms with van der Waals surface area (Å²) in [6.07, 6.45) is -0.554. The van der Waals surface area contributed by atoms with Crippen molar-refractivity contribution in [3.63, 3.8) is 0 Å². The lowest BCUT2D eigenvalue weighted by Crippen LogP contribution is -2.18. The molecular weight excluding hydrogens is 246 g/mol. The zero-order chi connectivity index (χ0) is 15.1. The molecule has 5 nitrogen and oxygen atoms in total. The van der Waals surface area contributed by atoms with Crippen molar-refractivity contribution in [2.45, 2.75) is 26.9 Å². The van der Waals surface area contributed by atoms with Gasteiger partial charge in [-0.15, -0.1) is 0 Å². The van der Waals surface area contributed by atoms with Crippen molar-refractivity contribution in [3.8, 4) is 5.75 Å². The Balaban J connectivity index is 0.000000399. The fourth-order valence-corrected chi connectivity index (χ4v) is 1.04. The van der Waals surface area contributed by atoms with Crippen molar-refractivity contribution in [3.05, 3.63) is 29.8 Å². The molecule has 0 amide bonds. The smallest absolute Gasteiger partial charge is 0.308 e. The monoisotopic (exact) mass is 269 g/mol. The second-order valence-corrected chi connectivity index (χ2v) is 5.22. The molecule has 0 bridgehead atoms. The number of likely N-dealkylation sites (N-methyl/N-ethyl adjacent to an activating group) is 1. The topological polar surface area (TPSA) is 89.8 Å². The third-order valence-electron chi connectivity index (χ3n) is 2.29. The van der Waals surface area contributed by atoms with Crippen LogP contribution < -0.4 is 5.32 Å². The van der Waals surface area contributed by atoms with Crippen LogP contribution in [0.1, 0.15) is 32.4 Å². The van der Waals surface area contributed by atoms with Crippen LogP contribution in [0.4, 0.5) is 0 Å². The molecule has 0 fully saturated rings. The van der Waals surface area contributed by atoms with Crippen LogP contribution in [0.5, 0.6) is 5.75 Å². The molecule has 1 aromatic rings. The summed E-state index contributed by atoms with van der Waals surface area (Å²) >= 11 is 0. The number of phenols is 1. The fourth-order valence-electron chi connectivity index (χ4n) is 1.04. The minimum absolute atomic E-state index is 0.183. The first-order valence-electron chi connectivity index (χ1n) is 6.03. The number of carboxylic acids is 1. The average Bonchev–Trinajstić information content (AvgIpc) is 2.29. The van der Waals surface area contributed by atoms with Gasteiger partial charge < -0.3 is 20.6 Å². The number of aliphatic hydroxyl groups is 1. The highest BCUT2D eigenvalue weighted by atomic mass is 16.4. The van der Waals surface area contributed by atoms with E-state index < -0.39 is 17.5 Å². The molecule has 5 heteroatoms. The van der Waals surface area contributed by atoms with Gasteiger partial charge in [-0.3, -0.25) is 4.79 Å². The molecule has 0 aliphatic rings. The summed E-state index contributed by atoms with van der Waals surface area (Å²) in [5.74, 6) is -0.574. The summed E-state index contributed by atoms with van der Waals surface area (Å²) < 4.78 is 0. The first-order valence-corrected chi connectivity index (χ1v) is 6.03. The van der Waals surface area contributed by atoms with E-state index in [4.69, 9.17) is 10.2 Å². The highest BCUT2D eigenvalue weighted by molar-refractivity contribution is 5.72. The molecule has 0 saturated heterocycles. The highest BCUT2D eigenvalue weighted by Gasteiger charge is 2.18. The van der Waals surface area contributed by atoms with Gasteiger partial charge in [0, 0.05) is 6.54 Å². The van der Waals surface area contributed by atoms with Gasteiger partial charge in [-0.1, -0.05) is 12.1 Å². The van der Waals surface area contributed by atoms with Gasteiger partial charge in [0.1, 0.15) is 5.75 Å². The van der Waals surface area contributed by atoms with Crippen molar-refractivity contribution < 1.29 is 20.1 Å². The zero-order valence-corrected chi connectivity index (χ0v) is 11.8. The van der Waals surface area contributed by atoms with E-state index in [2.05, 4.69) is 5.32 Å². The van der Waals surface area contributed by atoms with Gasteiger partial charge in [0.25, 0.3) is 0 Å². The summed E-state index contributed by atoms with van der Waals surface area (Å²) in [4.78, 5) is 10.0. The van der Waals surface area contributed by atoms with E-state index in [9.17, 15) is 9.90 Å². The van der Waals surface area contributed by atoms with Crippen molar-refractivity contribution in [2.75, 3.05) is 13.6 Å². The Hall–Kier alpha value is -1.59. The van der Waals surface area contributed by atoms with Crippen molar-refractivity contribution in [1.29, 1.82) is 0 Å². The van der Waals surface area contributed by atoms with Crippen LogP contribution in [0, 0.1) is 5.41 Å². The predicted molar refractivity (Wildman–Crippen MR) is 74.1 cm³/mol. The average molecular weight is 269 g/mol. The Morgan fingerprint density at radius 3 is 2.26 bits per heavy atom. The number of aliphatic hydroxyl groups excluding tert-OH is 1. The maximum absolute atomic E-state index is 10.0. The maximum atomic E-state index is 10.0. The largest absolute Gasteiger partial charge is 0.508 e. The molecule has 0 aliphatic carbocycles. The minimum Gasteiger partial charge on any atom is -0.508 e. The van der Waals surface area contributed by atoms with Crippen LogP contribution >= 0.6 is 0 Å². The van der Waals surface area contributed by atoms with Crippen molar-refractivity contribution in [1.82, 2.24) is 5.32 Å². The number of nitrogens with one attached hydrogen (secondary N) is 1. The van der Waals surface area contributed by atoms with Gasteiger partial charge in [0.05, 0.1) is 11.5 Å². The molecule has 4 N–H and O–H groups in total. The molecule has 1 aromatic carbocycles. The molecule has 1 rings (SSSR count). The number of carboxylic acid groups (broad SMARTS) is 1. The lowest BCUT2D eigenvalue weighted by atomic mass is 9.98. The lowest BCUT2D eigenvalue weighted by molar-refractivity contribution is -0.145. The second-order valence-electron chi connectivity index (χ2n) is 5.22. The van der Waals surface area contributed by atoms with Gasteiger partial charge >= 0.3 is 5.97 Å². The van der Waals surface area contributed by atoms with Gasteiger partial charge in [0.2, 0.25) is 0 Å². The summed E-state index contributed by atoms with van der Waals surface area (Å²) in [5.41, 5.74) is 0.143. The molecule has 0 spiro atoms. The number of aromatic hydroxyl groups is 1. The van der Waals surface area contributed by atoms with E-state index in [0.29, 0.717) is 6.54 Å². The number of hydrogen-bond acceptors (Lipinski definition) is 4. The molecule has 0 aromatic heterocycles. The first kappa shape index (κ1) is 17.4. The maximum Gasteiger partial charge on any atom is 0.308 e. The number of carbonyl (C=O) groups is 1. The van der Waals surface area contributed by atoms with Crippen LogP contribution in [0.25, 0.3) is 0 Å². The molecule has 0 unspecified atom stereocenters. The Morgan fingerprint density at radius 2 is 1.89 bits per heavy atom. The molecule has 0 radical (unpaired) electrons. The van der Waals surface area contributed by atoms with E-state index in [1.165, 1.54) is 0 Å². The van der Waals surface area contributed by atoms with Gasteiger partial charge in [-0.2, -0.15) is 0 Å². The van der Waals surface area contributed by atoms with E-state index in [1.54, 1.807) is 52.1 Å². The first-order chi connectivity index (χ1) is 8.68. The number of phenolic OH excluding ortho intramolecular Hbond substituents is 1. The van der Waals surface area contributed by atoms with Crippen LogP contribution in [0.3, 0.4) is 0 Å². The minimum atomic E-state index is -0.757. The molecule has 1 atom stereocenters. The van der Waals surface area contributed by atoms with Crippen LogP contribution in [0.15, 0.2) is 24.3 Å². The van der Waals surface area contributed by atoms with Crippen LogP contribution in [-0.2, 0) is 4.79 Å². The second kappa shape index (κ2) is 7.76. The number of benzene rings is 1. The summed E-state index contributed by atoms with van der Waals surface area (Å²) in [6.45, 7) is 5.48. The third kappa shape index (κ3) is 7.43. The molecular formula is C14H23NO4. The Labute approximate surface area is 113 Å². The summed E-state index contributed by atoms with van der Waals surface area (Å²) in [5, 5.41) is 29.7. The summed E-state index contributed by atoms with van der Waals surface area (Å²) in [7, 11) is 1.77. The van der Waals surface area contributed by atoms with Crippen LogP contribution in [-0.4, -0.2) is 34.9 Å². The van der Waals surface area contributed by atoms with E-state index in [0.717, 1.165) is 5.56 Å².